The van der Waals surface area contributed by atoms with E-state index in [0.29, 0.717) is 40.0 Å². The number of carbonyl (C=O) groups excluding carboxylic acids is 1. The van der Waals surface area contributed by atoms with Crippen molar-refractivity contribution >= 4 is 22.5 Å². The Morgan fingerprint density at radius 1 is 1.11 bits per heavy atom. The van der Waals surface area contributed by atoms with Crippen LogP contribution in [0.2, 0.25) is 0 Å². The second kappa shape index (κ2) is 9.89. The quantitative estimate of drug-likeness (QED) is 0.401. The smallest absolute Gasteiger partial charge is 0.270 e. The number of hydrogen-bond acceptors (Lipinski definition) is 6. The third-order valence-electron chi connectivity index (χ3n) is 7.09. The van der Waals surface area contributed by atoms with E-state index in [-0.39, 0.29) is 17.8 Å². The van der Waals surface area contributed by atoms with Crippen LogP contribution < -0.4 is 15.6 Å². The molecule has 4 aromatic rings. The number of methoxy groups -OCH3 is 1. The first-order valence-electron chi connectivity index (χ1n) is 12.4. The molecule has 0 aliphatic carbocycles. The fourth-order valence-corrected chi connectivity index (χ4v) is 4.70. The molecule has 0 saturated carbocycles. The molecule has 3 aromatic heterocycles. The normalized spacial score (nSPS) is 15.7. The van der Waals surface area contributed by atoms with Crippen molar-refractivity contribution in [1.82, 2.24) is 24.6 Å². The van der Waals surface area contributed by atoms with E-state index in [0.717, 1.165) is 31.3 Å². The van der Waals surface area contributed by atoms with Gasteiger partial charge in [-0.05, 0) is 55.6 Å². The van der Waals surface area contributed by atoms with Gasteiger partial charge in [0.2, 0.25) is 5.95 Å². The van der Waals surface area contributed by atoms with E-state index in [1.165, 1.54) is 17.6 Å². The SMILES string of the molecule is COc1cc2nc(F)c(CN3CCC(C)(C)CC3)cc2cc1CNC(=O)c1cc(=O)n2ccccc2n1. The lowest BCUT2D eigenvalue weighted by atomic mass is 9.82. The van der Waals surface area contributed by atoms with E-state index >= 15 is 0 Å². The summed E-state index contributed by atoms with van der Waals surface area (Å²) in [4.78, 5) is 35.9. The van der Waals surface area contributed by atoms with Crippen molar-refractivity contribution in [2.75, 3.05) is 20.2 Å². The Morgan fingerprint density at radius 3 is 2.62 bits per heavy atom. The first-order chi connectivity index (χ1) is 17.7. The predicted octanol–water partition coefficient (Wildman–Crippen LogP) is 3.94. The maximum Gasteiger partial charge on any atom is 0.270 e. The van der Waals surface area contributed by atoms with Crippen molar-refractivity contribution in [3.8, 4) is 5.75 Å². The highest BCUT2D eigenvalue weighted by Gasteiger charge is 2.26. The van der Waals surface area contributed by atoms with Crippen LogP contribution in [0.4, 0.5) is 4.39 Å². The summed E-state index contributed by atoms with van der Waals surface area (Å²) in [5, 5.41) is 3.58. The topological polar surface area (TPSA) is 88.8 Å². The summed E-state index contributed by atoms with van der Waals surface area (Å²) in [6.45, 7) is 7.04. The van der Waals surface area contributed by atoms with E-state index in [1.807, 2.05) is 12.1 Å². The molecule has 1 fully saturated rings. The lowest BCUT2D eigenvalue weighted by molar-refractivity contribution is 0.0945. The van der Waals surface area contributed by atoms with Crippen LogP contribution in [0.5, 0.6) is 5.75 Å². The zero-order chi connectivity index (χ0) is 26.2. The number of ether oxygens (including phenoxy) is 1. The van der Waals surface area contributed by atoms with Crippen molar-refractivity contribution in [2.24, 2.45) is 5.41 Å². The summed E-state index contributed by atoms with van der Waals surface area (Å²) >= 11 is 0. The van der Waals surface area contributed by atoms with Gasteiger partial charge in [0.25, 0.3) is 11.5 Å². The van der Waals surface area contributed by atoms with Crippen LogP contribution in [0.3, 0.4) is 0 Å². The molecule has 9 heteroatoms. The van der Waals surface area contributed by atoms with E-state index < -0.39 is 11.9 Å². The standard InChI is InChI=1S/C28H30FN5O3/c1-28(2)7-10-33(11-8-28)17-20-13-18-12-19(23(37-3)14-21(18)32-26(20)29)16-30-27(36)22-15-25(35)34-9-5-4-6-24(34)31-22/h4-6,9,12-15H,7-8,10-11,16-17H2,1-3H3,(H,30,36). The molecule has 192 valence electrons. The summed E-state index contributed by atoms with van der Waals surface area (Å²) in [7, 11) is 1.51. The van der Waals surface area contributed by atoms with Crippen LogP contribution in [-0.4, -0.2) is 45.4 Å². The van der Waals surface area contributed by atoms with Crippen LogP contribution in [0.25, 0.3) is 16.6 Å². The van der Waals surface area contributed by atoms with Crippen molar-refractivity contribution in [3.63, 3.8) is 0 Å². The van der Waals surface area contributed by atoms with E-state index in [2.05, 4.69) is 34.0 Å². The Labute approximate surface area is 214 Å². The van der Waals surface area contributed by atoms with Gasteiger partial charge in [0.05, 0.1) is 12.6 Å². The highest BCUT2D eigenvalue weighted by atomic mass is 19.1. The molecule has 5 rings (SSSR count). The Morgan fingerprint density at radius 2 is 1.86 bits per heavy atom. The summed E-state index contributed by atoms with van der Waals surface area (Å²) in [6, 6.07) is 11.7. The molecule has 1 aromatic carbocycles. The van der Waals surface area contributed by atoms with Gasteiger partial charge in [-0.2, -0.15) is 4.39 Å². The van der Waals surface area contributed by atoms with Crippen molar-refractivity contribution in [1.29, 1.82) is 0 Å². The third-order valence-corrected chi connectivity index (χ3v) is 7.09. The summed E-state index contributed by atoms with van der Waals surface area (Å²) in [6.07, 6.45) is 3.76. The zero-order valence-corrected chi connectivity index (χ0v) is 21.3. The number of likely N-dealkylation sites (tertiary alicyclic amines) is 1. The Bertz CT molecular complexity index is 1540. The molecule has 1 amide bonds. The lowest BCUT2D eigenvalue weighted by Gasteiger charge is -2.36. The molecular formula is C28H30FN5O3. The summed E-state index contributed by atoms with van der Waals surface area (Å²) < 4.78 is 21.7. The minimum Gasteiger partial charge on any atom is -0.496 e. The van der Waals surface area contributed by atoms with Crippen LogP contribution in [0.15, 0.2) is 53.5 Å². The largest absolute Gasteiger partial charge is 0.496 e. The molecule has 0 atom stereocenters. The van der Waals surface area contributed by atoms with E-state index in [4.69, 9.17) is 4.74 Å². The van der Waals surface area contributed by atoms with Crippen molar-refractivity contribution in [2.45, 2.75) is 39.8 Å². The molecule has 0 spiro atoms. The predicted molar refractivity (Wildman–Crippen MR) is 139 cm³/mol. The average molecular weight is 504 g/mol. The molecule has 37 heavy (non-hydrogen) atoms. The number of carbonyl (C=O) groups is 1. The van der Waals surface area contributed by atoms with Crippen LogP contribution >= 0.6 is 0 Å². The molecule has 1 saturated heterocycles. The average Bonchev–Trinajstić information content (AvgIpc) is 2.88. The van der Waals surface area contributed by atoms with Gasteiger partial charge in [0.15, 0.2) is 0 Å². The number of hydrogen-bond donors (Lipinski definition) is 1. The van der Waals surface area contributed by atoms with Gasteiger partial charge in [-0.3, -0.25) is 18.9 Å². The number of nitrogens with zero attached hydrogens (tertiary/aromatic N) is 4. The zero-order valence-electron chi connectivity index (χ0n) is 21.3. The highest BCUT2D eigenvalue weighted by molar-refractivity contribution is 5.92. The molecule has 0 radical (unpaired) electrons. The van der Waals surface area contributed by atoms with Gasteiger partial charge in [-0.15, -0.1) is 0 Å². The number of nitrogens with one attached hydrogen (secondary N) is 1. The molecule has 1 N–H and O–H groups in total. The van der Waals surface area contributed by atoms with Gasteiger partial charge in [0, 0.05) is 47.9 Å². The molecule has 8 nitrogen and oxygen atoms in total. The third kappa shape index (κ3) is 5.32. The van der Waals surface area contributed by atoms with Gasteiger partial charge < -0.3 is 10.1 Å². The van der Waals surface area contributed by atoms with Crippen LogP contribution in [-0.2, 0) is 13.1 Å². The molecular weight excluding hydrogens is 473 g/mol. The second-order valence-corrected chi connectivity index (χ2v) is 10.3. The number of pyridine rings is 2. The molecule has 4 heterocycles. The molecule has 0 bridgehead atoms. The minimum absolute atomic E-state index is 0.0340. The van der Waals surface area contributed by atoms with E-state index in [9.17, 15) is 14.0 Å². The number of fused-ring (bicyclic) bond motifs is 2. The van der Waals surface area contributed by atoms with Crippen LogP contribution in [0.1, 0.15) is 48.3 Å². The fraction of sp³-hybridized carbons (Fsp3) is 0.357. The van der Waals surface area contributed by atoms with E-state index in [1.54, 1.807) is 30.5 Å². The number of rotatable bonds is 6. The number of piperidine rings is 1. The van der Waals surface area contributed by atoms with Crippen molar-refractivity contribution < 1.29 is 13.9 Å². The monoisotopic (exact) mass is 503 g/mol. The first-order valence-corrected chi connectivity index (χ1v) is 12.4. The Kier molecular flexibility index (Phi) is 6.64. The summed E-state index contributed by atoms with van der Waals surface area (Å²) in [5.41, 5.74) is 2.15. The fourth-order valence-electron chi connectivity index (χ4n) is 4.70. The van der Waals surface area contributed by atoms with Gasteiger partial charge in [-0.25, -0.2) is 9.97 Å². The number of halogens is 1. The minimum atomic E-state index is -0.478. The van der Waals surface area contributed by atoms with Crippen LogP contribution in [0, 0.1) is 11.4 Å². The molecule has 1 aliphatic heterocycles. The number of benzene rings is 1. The molecule has 1 aliphatic rings. The maximum atomic E-state index is 14.9. The maximum absolute atomic E-state index is 14.9. The highest BCUT2D eigenvalue weighted by Crippen LogP contribution is 2.31. The van der Waals surface area contributed by atoms with Crippen molar-refractivity contribution in [3.05, 3.63) is 81.8 Å². The Hall–Kier alpha value is -3.85. The van der Waals surface area contributed by atoms with Gasteiger partial charge in [-0.1, -0.05) is 19.9 Å². The lowest BCUT2D eigenvalue weighted by Crippen LogP contribution is -2.37. The van der Waals surface area contributed by atoms with Gasteiger partial charge >= 0.3 is 0 Å². The first kappa shape index (κ1) is 24.8. The van der Waals surface area contributed by atoms with Gasteiger partial charge in [0.1, 0.15) is 17.1 Å². The number of aromatic nitrogens is 3. The Balaban J connectivity index is 1.37. The molecule has 0 unspecified atom stereocenters. The number of amides is 1. The summed E-state index contributed by atoms with van der Waals surface area (Å²) in [5.74, 6) is -0.470. The second-order valence-electron chi connectivity index (χ2n) is 10.3.